The van der Waals surface area contributed by atoms with Gasteiger partial charge in [-0.1, -0.05) is 31.6 Å². The standard InChI is InChI=1S/C33H41F3O4/c1-3-5-19-39-25-15-16-26(29(34)20-25)21-11-13-24(14-12-21)40-33(38)28-18-17-27(31(35)32(28)36)22-7-9-23(10-8-22)30(37)6-4-2/h3,15-18,20-24,30,37H,1,4-14,19H2,2H3. The van der Waals surface area contributed by atoms with Crippen molar-refractivity contribution in [1.29, 1.82) is 0 Å². The molecule has 0 aliphatic heterocycles. The number of aliphatic hydroxyl groups is 1. The number of aliphatic hydroxyl groups excluding tert-OH is 1. The van der Waals surface area contributed by atoms with Gasteiger partial charge in [0.15, 0.2) is 11.6 Å². The molecule has 218 valence electrons. The van der Waals surface area contributed by atoms with Gasteiger partial charge in [0.2, 0.25) is 0 Å². The molecule has 2 saturated carbocycles. The number of carbonyl (C=O) groups is 1. The SMILES string of the molecule is C=CCCOc1ccc(C2CCC(OC(=O)c3ccc(C4CCC(C(O)CCC)CC4)c(F)c3F)CC2)c(F)c1. The summed E-state index contributed by atoms with van der Waals surface area (Å²) in [5, 5.41) is 10.3. The second-order valence-electron chi connectivity index (χ2n) is 11.3. The third-order valence-electron chi connectivity index (χ3n) is 8.62. The number of rotatable bonds is 11. The maximum atomic E-state index is 15.1. The molecule has 2 aromatic carbocycles. The van der Waals surface area contributed by atoms with Gasteiger partial charge in [0.05, 0.1) is 18.3 Å². The zero-order valence-corrected chi connectivity index (χ0v) is 23.3. The number of hydrogen-bond donors (Lipinski definition) is 1. The topological polar surface area (TPSA) is 55.8 Å². The molecule has 4 nitrogen and oxygen atoms in total. The van der Waals surface area contributed by atoms with Gasteiger partial charge in [-0.05, 0) is 105 Å². The van der Waals surface area contributed by atoms with Crippen molar-refractivity contribution in [2.75, 3.05) is 6.61 Å². The van der Waals surface area contributed by atoms with Crippen molar-refractivity contribution in [3.05, 3.63) is 77.1 Å². The van der Waals surface area contributed by atoms with Crippen molar-refractivity contribution in [2.24, 2.45) is 5.92 Å². The molecule has 2 aliphatic carbocycles. The Morgan fingerprint density at radius 3 is 2.27 bits per heavy atom. The Hall–Kier alpha value is -2.80. The fourth-order valence-electron chi connectivity index (χ4n) is 6.28. The third kappa shape index (κ3) is 7.28. The summed E-state index contributed by atoms with van der Waals surface area (Å²) in [7, 11) is 0. The molecule has 2 fully saturated rings. The van der Waals surface area contributed by atoms with Crippen molar-refractivity contribution >= 4 is 5.97 Å². The number of esters is 1. The van der Waals surface area contributed by atoms with Crippen LogP contribution in [0.25, 0.3) is 0 Å². The van der Waals surface area contributed by atoms with Gasteiger partial charge in [0.25, 0.3) is 0 Å². The molecule has 0 amide bonds. The lowest BCUT2D eigenvalue weighted by atomic mass is 9.76. The lowest BCUT2D eigenvalue weighted by Crippen LogP contribution is -2.26. The third-order valence-corrected chi connectivity index (χ3v) is 8.62. The average molecular weight is 559 g/mol. The van der Waals surface area contributed by atoms with Crippen LogP contribution in [0.2, 0.25) is 0 Å². The smallest absolute Gasteiger partial charge is 0.341 e. The lowest BCUT2D eigenvalue weighted by molar-refractivity contribution is 0.0188. The molecule has 0 heterocycles. The molecule has 0 radical (unpaired) electrons. The van der Waals surface area contributed by atoms with Gasteiger partial charge in [0.1, 0.15) is 17.7 Å². The van der Waals surface area contributed by atoms with Crippen molar-refractivity contribution in [3.63, 3.8) is 0 Å². The Morgan fingerprint density at radius 2 is 1.62 bits per heavy atom. The minimum atomic E-state index is -1.17. The van der Waals surface area contributed by atoms with E-state index in [1.54, 1.807) is 18.2 Å². The second-order valence-corrected chi connectivity index (χ2v) is 11.3. The second kappa shape index (κ2) is 14.2. The monoisotopic (exact) mass is 558 g/mol. The highest BCUT2D eigenvalue weighted by Gasteiger charge is 2.32. The average Bonchev–Trinajstić information content (AvgIpc) is 2.95. The zero-order chi connectivity index (χ0) is 28.6. The van der Waals surface area contributed by atoms with Gasteiger partial charge < -0.3 is 14.6 Å². The van der Waals surface area contributed by atoms with E-state index in [4.69, 9.17) is 9.47 Å². The molecular weight excluding hydrogens is 517 g/mol. The van der Waals surface area contributed by atoms with Gasteiger partial charge in [-0.15, -0.1) is 6.58 Å². The van der Waals surface area contributed by atoms with E-state index in [0.717, 1.165) is 25.7 Å². The lowest BCUT2D eigenvalue weighted by Gasteiger charge is -2.32. The molecule has 2 aromatic rings. The highest BCUT2D eigenvalue weighted by Crippen LogP contribution is 2.40. The van der Waals surface area contributed by atoms with Crippen LogP contribution in [0.15, 0.2) is 43.0 Å². The Kier molecular flexibility index (Phi) is 10.7. The molecule has 0 saturated heterocycles. The molecule has 1 atom stereocenters. The van der Waals surface area contributed by atoms with Crippen LogP contribution >= 0.6 is 0 Å². The van der Waals surface area contributed by atoms with Crippen LogP contribution in [-0.2, 0) is 4.74 Å². The predicted molar refractivity (Wildman–Crippen MR) is 149 cm³/mol. The van der Waals surface area contributed by atoms with Crippen molar-refractivity contribution in [2.45, 2.75) is 102 Å². The fraction of sp³-hybridized carbons (Fsp3) is 0.545. The van der Waals surface area contributed by atoms with Crippen LogP contribution in [0, 0.1) is 23.4 Å². The molecular formula is C33H41F3O4. The normalized spacial score (nSPS) is 23.8. The van der Waals surface area contributed by atoms with Crippen LogP contribution in [0.5, 0.6) is 5.75 Å². The van der Waals surface area contributed by atoms with Crippen LogP contribution in [0.4, 0.5) is 13.2 Å². The number of benzene rings is 2. The summed E-state index contributed by atoms with van der Waals surface area (Å²) in [4.78, 5) is 12.8. The Balaban J connectivity index is 1.30. The van der Waals surface area contributed by atoms with Crippen molar-refractivity contribution < 1.29 is 32.5 Å². The first-order chi connectivity index (χ1) is 19.3. The Labute approximate surface area is 235 Å². The van der Waals surface area contributed by atoms with E-state index in [1.807, 2.05) is 6.92 Å². The Morgan fingerprint density at radius 1 is 0.975 bits per heavy atom. The van der Waals surface area contributed by atoms with Gasteiger partial charge in [-0.3, -0.25) is 0 Å². The number of halogens is 3. The molecule has 0 bridgehead atoms. The van der Waals surface area contributed by atoms with Crippen molar-refractivity contribution in [3.8, 4) is 5.75 Å². The minimum Gasteiger partial charge on any atom is -0.493 e. The van der Waals surface area contributed by atoms with E-state index in [0.29, 0.717) is 62.9 Å². The maximum absolute atomic E-state index is 15.1. The molecule has 2 aliphatic rings. The highest BCUT2D eigenvalue weighted by molar-refractivity contribution is 5.90. The van der Waals surface area contributed by atoms with E-state index in [1.165, 1.54) is 18.2 Å². The summed E-state index contributed by atoms with van der Waals surface area (Å²) in [6.45, 7) is 6.12. The summed E-state index contributed by atoms with van der Waals surface area (Å²) in [6.07, 6.45) is 8.51. The molecule has 0 spiro atoms. The quantitative estimate of drug-likeness (QED) is 0.171. The first kappa shape index (κ1) is 30.2. The summed E-state index contributed by atoms with van der Waals surface area (Å²) < 4.78 is 55.9. The van der Waals surface area contributed by atoms with E-state index in [9.17, 15) is 14.3 Å². The van der Waals surface area contributed by atoms with Gasteiger partial charge >= 0.3 is 5.97 Å². The van der Waals surface area contributed by atoms with Gasteiger partial charge in [-0.2, -0.15) is 0 Å². The van der Waals surface area contributed by atoms with Crippen LogP contribution < -0.4 is 4.74 Å². The van der Waals surface area contributed by atoms with Gasteiger partial charge in [0, 0.05) is 6.07 Å². The number of hydrogen-bond acceptors (Lipinski definition) is 4. The predicted octanol–water partition coefficient (Wildman–Crippen LogP) is 8.38. The Bertz CT molecular complexity index is 1150. The van der Waals surface area contributed by atoms with Crippen LogP contribution in [0.3, 0.4) is 0 Å². The van der Waals surface area contributed by atoms with Crippen LogP contribution in [-0.4, -0.2) is 29.9 Å². The number of carbonyl (C=O) groups excluding carboxylic acids is 1. The molecule has 4 rings (SSSR count). The first-order valence-corrected chi connectivity index (χ1v) is 14.7. The van der Waals surface area contributed by atoms with E-state index < -0.39 is 29.3 Å². The van der Waals surface area contributed by atoms with E-state index >= 15 is 8.78 Å². The summed E-state index contributed by atoms with van der Waals surface area (Å²) in [5.74, 6) is -2.80. The highest BCUT2D eigenvalue weighted by atomic mass is 19.2. The molecule has 40 heavy (non-hydrogen) atoms. The van der Waals surface area contributed by atoms with E-state index in [2.05, 4.69) is 6.58 Å². The van der Waals surface area contributed by atoms with Crippen molar-refractivity contribution in [1.82, 2.24) is 0 Å². The fourth-order valence-corrected chi connectivity index (χ4v) is 6.28. The van der Waals surface area contributed by atoms with Gasteiger partial charge in [-0.25, -0.2) is 18.0 Å². The minimum absolute atomic E-state index is 0.0104. The number of ether oxygens (including phenoxy) is 2. The maximum Gasteiger partial charge on any atom is 0.341 e. The van der Waals surface area contributed by atoms with Crippen LogP contribution in [0.1, 0.15) is 111 Å². The zero-order valence-electron chi connectivity index (χ0n) is 23.3. The largest absolute Gasteiger partial charge is 0.493 e. The molecule has 0 aromatic heterocycles. The summed E-state index contributed by atoms with van der Waals surface area (Å²) >= 11 is 0. The van der Waals surface area contributed by atoms with E-state index in [-0.39, 0.29) is 35.2 Å². The summed E-state index contributed by atoms with van der Waals surface area (Å²) in [5.41, 5.74) is 0.504. The molecule has 7 heteroatoms. The molecule has 1 N–H and O–H groups in total. The first-order valence-electron chi connectivity index (χ1n) is 14.7. The summed E-state index contributed by atoms with van der Waals surface area (Å²) in [6, 6.07) is 7.73. The molecule has 1 unspecified atom stereocenters.